The Bertz CT molecular complexity index is 160. The third kappa shape index (κ3) is 9.66. The largest absolute Gasteiger partial charge is 0.389 e. The standard InChI is InChI=1S/C7H11BrF3NO/c8-4-2-6(13)12-5-1-3-7(9,10)11/h1-5H2,(H,12,13). The molecule has 0 aliphatic carbocycles. The fourth-order valence-corrected chi connectivity index (χ4v) is 1.05. The number of carbonyl (C=O) groups excluding carboxylic acids is 1. The van der Waals surface area contributed by atoms with Gasteiger partial charge in [-0.05, 0) is 6.42 Å². The number of hydrogen-bond acceptors (Lipinski definition) is 1. The molecule has 0 atom stereocenters. The quantitative estimate of drug-likeness (QED) is 0.597. The first-order chi connectivity index (χ1) is 5.95. The molecule has 0 aromatic carbocycles. The molecule has 0 rings (SSSR count). The molecule has 6 heteroatoms. The van der Waals surface area contributed by atoms with Crippen LogP contribution in [0.4, 0.5) is 13.2 Å². The van der Waals surface area contributed by atoms with E-state index >= 15 is 0 Å². The van der Waals surface area contributed by atoms with Gasteiger partial charge in [0.2, 0.25) is 5.91 Å². The molecule has 1 amide bonds. The minimum atomic E-state index is -4.12. The summed E-state index contributed by atoms with van der Waals surface area (Å²) in [5.74, 6) is -0.223. The summed E-state index contributed by atoms with van der Waals surface area (Å²) in [6.45, 7) is 0.0886. The van der Waals surface area contributed by atoms with Gasteiger partial charge in [0.05, 0.1) is 0 Å². The average molecular weight is 262 g/mol. The Labute approximate surface area is 83.0 Å². The van der Waals surface area contributed by atoms with Crippen LogP contribution in [0.25, 0.3) is 0 Å². The molecule has 0 unspecified atom stereocenters. The molecule has 0 aliphatic heterocycles. The summed E-state index contributed by atoms with van der Waals surface area (Å²) in [5, 5.41) is 2.91. The van der Waals surface area contributed by atoms with Crippen molar-refractivity contribution in [1.82, 2.24) is 5.32 Å². The summed E-state index contributed by atoms with van der Waals surface area (Å²) in [7, 11) is 0. The fourth-order valence-electron chi connectivity index (χ4n) is 0.691. The molecule has 0 saturated heterocycles. The van der Waals surface area contributed by atoms with Gasteiger partial charge in [-0.2, -0.15) is 13.2 Å². The van der Waals surface area contributed by atoms with E-state index in [9.17, 15) is 18.0 Å². The van der Waals surface area contributed by atoms with E-state index in [1.54, 1.807) is 0 Å². The lowest BCUT2D eigenvalue weighted by atomic mass is 10.3. The Kier molecular flexibility index (Phi) is 6.11. The van der Waals surface area contributed by atoms with Crippen LogP contribution in [-0.2, 0) is 4.79 Å². The van der Waals surface area contributed by atoms with Crippen molar-refractivity contribution in [1.29, 1.82) is 0 Å². The summed E-state index contributed by atoms with van der Waals surface area (Å²) in [6.07, 6.45) is -4.73. The molecule has 0 fully saturated rings. The van der Waals surface area contributed by atoms with Crippen LogP contribution in [0.15, 0.2) is 0 Å². The van der Waals surface area contributed by atoms with Gasteiger partial charge in [-0.25, -0.2) is 0 Å². The second-order valence-electron chi connectivity index (χ2n) is 2.51. The summed E-state index contributed by atoms with van der Waals surface area (Å²) < 4.78 is 34.8. The van der Waals surface area contributed by atoms with Crippen molar-refractivity contribution >= 4 is 21.8 Å². The molecule has 1 N–H and O–H groups in total. The second-order valence-corrected chi connectivity index (χ2v) is 3.30. The van der Waals surface area contributed by atoms with Crippen molar-refractivity contribution < 1.29 is 18.0 Å². The summed E-state index contributed by atoms with van der Waals surface area (Å²) in [4.78, 5) is 10.7. The van der Waals surface area contributed by atoms with Gasteiger partial charge in [-0.15, -0.1) is 0 Å². The van der Waals surface area contributed by atoms with Crippen molar-refractivity contribution in [3.8, 4) is 0 Å². The highest BCUT2D eigenvalue weighted by molar-refractivity contribution is 9.09. The van der Waals surface area contributed by atoms with Crippen LogP contribution < -0.4 is 5.32 Å². The summed E-state index contributed by atoms with van der Waals surface area (Å²) in [5.41, 5.74) is 0. The lowest BCUT2D eigenvalue weighted by Crippen LogP contribution is -2.25. The van der Waals surface area contributed by atoms with E-state index in [-0.39, 0.29) is 18.9 Å². The lowest BCUT2D eigenvalue weighted by Gasteiger charge is -2.06. The molecular formula is C7H11BrF3NO. The fraction of sp³-hybridized carbons (Fsp3) is 0.857. The van der Waals surface area contributed by atoms with E-state index in [0.717, 1.165) is 0 Å². The van der Waals surface area contributed by atoms with E-state index in [1.807, 2.05) is 0 Å². The van der Waals surface area contributed by atoms with E-state index in [0.29, 0.717) is 11.8 Å². The molecule has 78 valence electrons. The zero-order chi connectivity index (χ0) is 10.3. The van der Waals surface area contributed by atoms with Gasteiger partial charge >= 0.3 is 6.18 Å². The van der Waals surface area contributed by atoms with Crippen molar-refractivity contribution in [3.05, 3.63) is 0 Å². The Morgan fingerprint density at radius 2 is 2.00 bits per heavy atom. The predicted molar refractivity (Wildman–Crippen MR) is 46.7 cm³/mol. The van der Waals surface area contributed by atoms with Crippen LogP contribution in [0.2, 0.25) is 0 Å². The maximum absolute atomic E-state index is 11.6. The Balaban J connectivity index is 3.31. The zero-order valence-electron chi connectivity index (χ0n) is 6.96. The molecular weight excluding hydrogens is 251 g/mol. The lowest BCUT2D eigenvalue weighted by molar-refractivity contribution is -0.136. The first-order valence-electron chi connectivity index (χ1n) is 3.85. The molecule has 0 spiro atoms. The van der Waals surface area contributed by atoms with Crippen LogP contribution in [0.3, 0.4) is 0 Å². The molecule has 2 nitrogen and oxygen atoms in total. The number of amides is 1. The number of halogens is 4. The maximum Gasteiger partial charge on any atom is 0.389 e. The molecule has 0 bridgehead atoms. The van der Waals surface area contributed by atoms with Gasteiger partial charge in [0.15, 0.2) is 0 Å². The van der Waals surface area contributed by atoms with Gasteiger partial charge < -0.3 is 5.32 Å². The normalized spacial score (nSPS) is 11.4. The van der Waals surface area contributed by atoms with E-state index in [1.165, 1.54) is 0 Å². The van der Waals surface area contributed by atoms with Crippen molar-refractivity contribution in [2.75, 3.05) is 11.9 Å². The topological polar surface area (TPSA) is 29.1 Å². The molecule has 0 aromatic heterocycles. The number of carbonyl (C=O) groups is 1. The SMILES string of the molecule is O=C(CCBr)NCCCC(F)(F)F. The van der Waals surface area contributed by atoms with Gasteiger partial charge in [-0.1, -0.05) is 15.9 Å². The first kappa shape index (κ1) is 12.7. The first-order valence-corrected chi connectivity index (χ1v) is 4.97. The van der Waals surface area contributed by atoms with Gasteiger partial charge in [0.1, 0.15) is 0 Å². The maximum atomic E-state index is 11.6. The number of rotatable bonds is 5. The Morgan fingerprint density at radius 3 is 2.46 bits per heavy atom. The Hall–Kier alpha value is -0.260. The molecule has 0 radical (unpaired) electrons. The van der Waals surface area contributed by atoms with Crippen molar-refractivity contribution in [3.63, 3.8) is 0 Å². The summed E-state index contributed by atoms with van der Waals surface area (Å²) in [6, 6.07) is 0. The third-order valence-corrected chi connectivity index (χ3v) is 1.68. The smallest absolute Gasteiger partial charge is 0.356 e. The number of alkyl halides is 4. The highest BCUT2D eigenvalue weighted by Crippen LogP contribution is 2.20. The van der Waals surface area contributed by atoms with Crippen LogP contribution in [-0.4, -0.2) is 24.0 Å². The predicted octanol–water partition coefficient (Wildman–Crippen LogP) is 2.23. The van der Waals surface area contributed by atoms with Crippen LogP contribution in [0.1, 0.15) is 19.3 Å². The van der Waals surface area contributed by atoms with E-state index in [2.05, 4.69) is 21.2 Å². The molecule has 0 aromatic rings. The molecule has 13 heavy (non-hydrogen) atoms. The number of hydrogen-bond donors (Lipinski definition) is 1. The van der Waals surface area contributed by atoms with Gasteiger partial charge in [0.25, 0.3) is 0 Å². The highest BCUT2D eigenvalue weighted by Gasteiger charge is 2.25. The van der Waals surface area contributed by atoms with Crippen LogP contribution >= 0.6 is 15.9 Å². The highest BCUT2D eigenvalue weighted by atomic mass is 79.9. The second kappa shape index (κ2) is 6.23. The van der Waals surface area contributed by atoms with Crippen molar-refractivity contribution in [2.45, 2.75) is 25.4 Å². The monoisotopic (exact) mass is 261 g/mol. The van der Waals surface area contributed by atoms with Crippen LogP contribution in [0.5, 0.6) is 0 Å². The van der Waals surface area contributed by atoms with E-state index < -0.39 is 12.6 Å². The van der Waals surface area contributed by atoms with Gasteiger partial charge in [-0.3, -0.25) is 4.79 Å². The van der Waals surface area contributed by atoms with Gasteiger partial charge in [0, 0.05) is 24.7 Å². The average Bonchev–Trinajstić information content (AvgIpc) is 1.97. The van der Waals surface area contributed by atoms with Crippen LogP contribution in [0, 0.1) is 0 Å². The molecule has 0 aliphatic rings. The van der Waals surface area contributed by atoms with E-state index in [4.69, 9.17) is 0 Å². The third-order valence-electron chi connectivity index (χ3n) is 1.28. The molecule has 0 heterocycles. The summed E-state index contributed by atoms with van der Waals surface area (Å²) >= 11 is 3.05. The number of nitrogens with one attached hydrogen (secondary N) is 1. The minimum Gasteiger partial charge on any atom is -0.356 e. The molecule has 0 saturated carbocycles. The zero-order valence-corrected chi connectivity index (χ0v) is 8.54. The van der Waals surface area contributed by atoms with Crippen molar-refractivity contribution in [2.24, 2.45) is 0 Å². The minimum absolute atomic E-state index is 0.0580. The Morgan fingerprint density at radius 1 is 1.38 bits per heavy atom.